The fourth-order valence-corrected chi connectivity index (χ4v) is 3.35. The first-order valence-electron chi connectivity index (χ1n) is 8.51. The van der Waals surface area contributed by atoms with E-state index in [1.54, 1.807) is 18.2 Å². The summed E-state index contributed by atoms with van der Waals surface area (Å²) in [4.78, 5) is 28.6. The maximum atomic E-state index is 12.5. The Balaban J connectivity index is 1.53. The van der Waals surface area contributed by atoms with E-state index < -0.39 is 13.1 Å². The lowest BCUT2D eigenvalue weighted by molar-refractivity contribution is 0.0933. The van der Waals surface area contributed by atoms with Gasteiger partial charge in [-0.15, -0.1) is 0 Å². The fourth-order valence-electron chi connectivity index (χ4n) is 3.35. The van der Waals surface area contributed by atoms with Gasteiger partial charge in [-0.25, -0.2) is 4.98 Å². The third kappa shape index (κ3) is 2.98. The molecule has 26 heavy (non-hydrogen) atoms. The zero-order chi connectivity index (χ0) is 18.3. The number of pyridine rings is 1. The van der Waals surface area contributed by atoms with Crippen LogP contribution in [0.2, 0.25) is 0 Å². The fraction of sp³-hybridized carbons (Fsp3) is 0.278. The predicted molar refractivity (Wildman–Crippen MR) is 94.8 cm³/mol. The van der Waals surface area contributed by atoms with Gasteiger partial charge in [-0.3, -0.25) is 9.59 Å². The topological polar surface area (TPSA) is 101 Å². The molecule has 1 atom stereocenters. The molecule has 3 heterocycles. The Morgan fingerprint density at radius 3 is 2.92 bits per heavy atom. The van der Waals surface area contributed by atoms with Crippen molar-refractivity contribution < 1.29 is 19.3 Å². The Hall–Kier alpha value is -2.71. The molecule has 0 unspecified atom stereocenters. The number of hydrogen-bond acceptors (Lipinski definition) is 6. The molecule has 132 valence electrons. The summed E-state index contributed by atoms with van der Waals surface area (Å²) >= 11 is 0. The summed E-state index contributed by atoms with van der Waals surface area (Å²) in [6.45, 7) is 2.86. The minimum Gasteiger partial charge on any atom is -0.534 e. The molecule has 1 aromatic heterocycles. The van der Waals surface area contributed by atoms with Gasteiger partial charge < -0.3 is 20.3 Å². The summed E-state index contributed by atoms with van der Waals surface area (Å²) in [5.41, 5.74) is 3.48. The van der Waals surface area contributed by atoms with E-state index >= 15 is 0 Å². The molecule has 7 nitrogen and oxygen atoms in total. The molecule has 2 aromatic rings. The molecule has 0 fully saturated rings. The van der Waals surface area contributed by atoms with Gasteiger partial charge >= 0.3 is 7.12 Å². The number of carbonyl (C=O) groups excluding carboxylic acids is 2. The Bertz CT molecular complexity index is 902. The highest BCUT2D eigenvalue weighted by Crippen LogP contribution is 2.30. The van der Waals surface area contributed by atoms with Crippen molar-refractivity contribution in [2.75, 3.05) is 0 Å². The average Bonchev–Trinajstić information content (AvgIpc) is 3.09. The van der Waals surface area contributed by atoms with Gasteiger partial charge in [0.2, 0.25) is 0 Å². The van der Waals surface area contributed by atoms with Gasteiger partial charge in [-0.2, -0.15) is 0 Å². The van der Waals surface area contributed by atoms with Gasteiger partial charge in [0.1, 0.15) is 11.4 Å². The van der Waals surface area contributed by atoms with E-state index in [0.29, 0.717) is 30.0 Å². The van der Waals surface area contributed by atoms with Gasteiger partial charge in [0.15, 0.2) is 5.78 Å². The monoisotopic (exact) mass is 351 g/mol. The molecular weight excluding hydrogens is 333 g/mol. The van der Waals surface area contributed by atoms with E-state index in [1.807, 2.05) is 12.1 Å². The predicted octanol–water partition coefficient (Wildman–Crippen LogP) is 0.641. The molecule has 0 bridgehead atoms. The van der Waals surface area contributed by atoms with Gasteiger partial charge in [-0.05, 0) is 36.6 Å². The minimum absolute atomic E-state index is 0.132. The number of rotatable bonds is 3. The highest BCUT2D eigenvalue weighted by atomic mass is 16.5. The van der Waals surface area contributed by atoms with Crippen molar-refractivity contribution in [1.29, 1.82) is 0 Å². The largest absolute Gasteiger partial charge is 0.547 e. The molecule has 1 aromatic carbocycles. The SMILES string of the molecule is CC(=O)c1cccc2c1OB(O)[C@@H](NC(=O)c1ccc3c(n1)CNC3)C2. The van der Waals surface area contributed by atoms with Crippen LogP contribution in [0, 0.1) is 0 Å². The first-order valence-corrected chi connectivity index (χ1v) is 8.51. The molecular formula is C18H18BN3O4. The quantitative estimate of drug-likeness (QED) is 0.554. The number of aromatic nitrogens is 1. The number of benzene rings is 1. The standard InChI is InChI=1S/C18H18BN3O4/c1-10(23)13-4-2-3-11-7-16(19(25)26-17(11)13)22-18(24)14-6-5-12-8-20-9-15(12)21-14/h2-6,16,20,25H,7-9H2,1H3,(H,22,24)/t16-/m0/s1. The highest BCUT2D eigenvalue weighted by molar-refractivity contribution is 6.47. The van der Waals surface area contributed by atoms with Crippen LogP contribution < -0.4 is 15.3 Å². The van der Waals surface area contributed by atoms with E-state index in [-0.39, 0.29) is 11.7 Å². The number of fused-ring (bicyclic) bond motifs is 2. The average molecular weight is 351 g/mol. The molecule has 1 amide bonds. The van der Waals surface area contributed by atoms with Crippen molar-refractivity contribution in [1.82, 2.24) is 15.6 Å². The van der Waals surface area contributed by atoms with Crippen molar-refractivity contribution in [3.05, 3.63) is 58.4 Å². The van der Waals surface area contributed by atoms with Crippen LogP contribution in [0.15, 0.2) is 30.3 Å². The lowest BCUT2D eigenvalue weighted by atomic mass is 9.72. The maximum absolute atomic E-state index is 12.5. The third-order valence-electron chi connectivity index (χ3n) is 4.72. The summed E-state index contributed by atoms with van der Waals surface area (Å²) < 4.78 is 5.54. The molecule has 2 aliphatic rings. The van der Waals surface area contributed by atoms with Crippen LogP contribution in [0.1, 0.15) is 44.6 Å². The number of ketones is 1. The lowest BCUT2D eigenvalue weighted by Gasteiger charge is -2.29. The van der Waals surface area contributed by atoms with E-state index in [2.05, 4.69) is 15.6 Å². The molecule has 3 N–H and O–H groups in total. The number of para-hydroxylation sites is 1. The van der Waals surface area contributed by atoms with Crippen LogP contribution in [-0.2, 0) is 19.5 Å². The molecule has 8 heteroatoms. The second kappa shape index (κ2) is 6.55. The number of amides is 1. The van der Waals surface area contributed by atoms with Crippen LogP contribution in [0.3, 0.4) is 0 Å². The number of nitrogens with one attached hydrogen (secondary N) is 2. The molecule has 2 aliphatic heterocycles. The number of hydrogen-bond donors (Lipinski definition) is 3. The smallest absolute Gasteiger partial charge is 0.534 e. The number of nitrogens with zero attached hydrogens (tertiary/aromatic N) is 1. The van der Waals surface area contributed by atoms with Crippen LogP contribution in [0.4, 0.5) is 0 Å². The van der Waals surface area contributed by atoms with Gasteiger partial charge in [-0.1, -0.05) is 18.2 Å². The Labute approximate surface area is 150 Å². The normalized spacial score (nSPS) is 17.9. The van der Waals surface area contributed by atoms with E-state index in [4.69, 9.17) is 4.65 Å². The van der Waals surface area contributed by atoms with Crippen molar-refractivity contribution in [2.45, 2.75) is 32.4 Å². The third-order valence-corrected chi connectivity index (χ3v) is 4.72. The van der Waals surface area contributed by atoms with Gasteiger partial charge in [0.05, 0.1) is 17.2 Å². The van der Waals surface area contributed by atoms with E-state index in [1.165, 1.54) is 6.92 Å². The number of carbonyl (C=O) groups is 2. The summed E-state index contributed by atoms with van der Waals surface area (Å²) in [7, 11) is -1.23. The second-order valence-corrected chi connectivity index (χ2v) is 6.55. The molecule has 4 rings (SSSR count). The van der Waals surface area contributed by atoms with Crippen LogP contribution in [0.5, 0.6) is 5.75 Å². The molecule has 0 saturated carbocycles. The zero-order valence-corrected chi connectivity index (χ0v) is 14.3. The maximum Gasteiger partial charge on any atom is 0.547 e. The summed E-state index contributed by atoms with van der Waals surface area (Å²) in [6, 6.07) is 8.82. The Morgan fingerprint density at radius 2 is 2.12 bits per heavy atom. The first-order chi connectivity index (χ1) is 12.5. The van der Waals surface area contributed by atoms with Crippen LogP contribution >= 0.6 is 0 Å². The van der Waals surface area contributed by atoms with Gasteiger partial charge in [0, 0.05) is 13.1 Å². The van der Waals surface area contributed by atoms with Crippen LogP contribution in [0.25, 0.3) is 0 Å². The highest BCUT2D eigenvalue weighted by Gasteiger charge is 2.37. The molecule has 0 spiro atoms. The summed E-state index contributed by atoms with van der Waals surface area (Å²) in [5.74, 6) is -0.726. The van der Waals surface area contributed by atoms with E-state index in [9.17, 15) is 14.6 Å². The van der Waals surface area contributed by atoms with Crippen LogP contribution in [-0.4, -0.2) is 34.8 Å². The first kappa shape index (κ1) is 16.7. The Morgan fingerprint density at radius 1 is 1.27 bits per heavy atom. The van der Waals surface area contributed by atoms with Crippen molar-refractivity contribution >= 4 is 18.8 Å². The molecule has 0 saturated heterocycles. The number of Topliss-reactive ketones (excluding diaryl/α,β-unsaturated/α-hetero) is 1. The van der Waals surface area contributed by atoms with Gasteiger partial charge in [0.25, 0.3) is 5.91 Å². The summed E-state index contributed by atoms with van der Waals surface area (Å²) in [5, 5.41) is 16.3. The van der Waals surface area contributed by atoms with Crippen molar-refractivity contribution in [3.8, 4) is 5.75 Å². The molecule has 0 aliphatic carbocycles. The second-order valence-electron chi connectivity index (χ2n) is 6.55. The Kier molecular flexibility index (Phi) is 4.22. The van der Waals surface area contributed by atoms with Crippen molar-refractivity contribution in [2.24, 2.45) is 0 Å². The minimum atomic E-state index is -1.23. The van der Waals surface area contributed by atoms with E-state index in [0.717, 1.165) is 23.4 Å². The zero-order valence-electron chi connectivity index (χ0n) is 14.3. The molecule has 0 radical (unpaired) electrons. The lowest BCUT2D eigenvalue weighted by Crippen LogP contribution is -2.53. The summed E-state index contributed by atoms with van der Waals surface area (Å²) in [6.07, 6.45) is 0.371. The van der Waals surface area contributed by atoms with Crippen molar-refractivity contribution in [3.63, 3.8) is 0 Å².